The summed E-state index contributed by atoms with van der Waals surface area (Å²) in [5, 5.41) is 0.900. The van der Waals surface area contributed by atoms with Crippen molar-refractivity contribution in [3.8, 4) is 0 Å². The van der Waals surface area contributed by atoms with Crippen molar-refractivity contribution in [2.75, 3.05) is 22.4 Å². The predicted octanol–water partition coefficient (Wildman–Crippen LogP) is 2.54. The number of nitrogens with one attached hydrogen (secondary N) is 1. The number of hydrogen-bond acceptors (Lipinski definition) is 3. The van der Waals surface area contributed by atoms with Gasteiger partial charge in [-0.15, -0.1) is 0 Å². The molecule has 6 heteroatoms. The number of anilines is 1. The Morgan fingerprint density at radius 3 is 2.63 bits per heavy atom. The summed E-state index contributed by atoms with van der Waals surface area (Å²) in [4.78, 5) is 0. The van der Waals surface area contributed by atoms with Crippen molar-refractivity contribution >= 4 is 31.6 Å². The van der Waals surface area contributed by atoms with Gasteiger partial charge in [-0.2, -0.15) is 0 Å². The van der Waals surface area contributed by atoms with Crippen molar-refractivity contribution in [2.45, 2.75) is 25.4 Å². The van der Waals surface area contributed by atoms with E-state index in [4.69, 9.17) is 4.74 Å². The molecule has 0 aliphatic carbocycles. The minimum atomic E-state index is -3.33. The molecular weight excluding hydrogens is 330 g/mol. The first-order valence-electron chi connectivity index (χ1n) is 6.36. The van der Waals surface area contributed by atoms with Crippen molar-refractivity contribution in [2.24, 2.45) is 0 Å². The molecule has 1 saturated heterocycles. The van der Waals surface area contributed by atoms with E-state index in [0.717, 1.165) is 24.6 Å². The maximum Gasteiger partial charge on any atom is 0.235 e. The number of sulfonamides is 1. The summed E-state index contributed by atoms with van der Waals surface area (Å²) >= 11 is 3.38. The van der Waals surface area contributed by atoms with Gasteiger partial charge in [0.05, 0.1) is 11.9 Å². The van der Waals surface area contributed by atoms with Crippen molar-refractivity contribution in [3.63, 3.8) is 0 Å². The molecular formula is C13H18BrNO3S. The molecule has 1 unspecified atom stereocenters. The van der Waals surface area contributed by atoms with E-state index in [0.29, 0.717) is 12.3 Å². The van der Waals surface area contributed by atoms with E-state index in [1.165, 1.54) is 5.56 Å². The monoisotopic (exact) mass is 347 g/mol. The Morgan fingerprint density at radius 2 is 2.05 bits per heavy atom. The molecule has 0 spiro atoms. The first-order valence-corrected chi connectivity index (χ1v) is 9.13. The van der Waals surface area contributed by atoms with E-state index < -0.39 is 10.0 Å². The Hall–Kier alpha value is -0.590. The molecule has 1 N–H and O–H groups in total. The highest BCUT2D eigenvalue weighted by Gasteiger charge is 2.23. The molecule has 0 amide bonds. The highest BCUT2D eigenvalue weighted by molar-refractivity contribution is 9.09. The predicted molar refractivity (Wildman–Crippen MR) is 80.3 cm³/mol. The highest BCUT2D eigenvalue weighted by atomic mass is 79.9. The summed E-state index contributed by atoms with van der Waals surface area (Å²) in [6, 6.07) is 7.46. The minimum absolute atomic E-state index is 0.0378. The van der Waals surface area contributed by atoms with Gasteiger partial charge < -0.3 is 4.74 Å². The Labute approximate surface area is 122 Å². The summed E-state index contributed by atoms with van der Waals surface area (Å²) in [7, 11) is -3.33. The Kier molecular flexibility index (Phi) is 5.24. The average molecular weight is 348 g/mol. The molecule has 0 saturated carbocycles. The van der Waals surface area contributed by atoms with E-state index in [1.807, 2.05) is 12.1 Å². The van der Waals surface area contributed by atoms with Gasteiger partial charge in [-0.25, -0.2) is 8.42 Å². The van der Waals surface area contributed by atoms with Crippen LogP contribution in [0.25, 0.3) is 0 Å². The first-order chi connectivity index (χ1) is 9.09. The summed E-state index contributed by atoms with van der Waals surface area (Å²) in [6.45, 7) is 0.668. The number of ether oxygens (including phenoxy) is 1. The Morgan fingerprint density at radius 1 is 1.32 bits per heavy atom. The van der Waals surface area contributed by atoms with E-state index in [2.05, 4.69) is 20.7 Å². The molecule has 0 radical (unpaired) electrons. The quantitative estimate of drug-likeness (QED) is 0.804. The zero-order valence-corrected chi connectivity index (χ0v) is 13.0. The first kappa shape index (κ1) is 14.8. The molecule has 106 valence electrons. The van der Waals surface area contributed by atoms with Crippen LogP contribution in [0.1, 0.15) is 18.4 Å². The van der Waals surface area contributed by atoms with Gasteiger partial charge >= 0.3 is 0 Å². The third-order valence-electron chi connectivity index (χ3n) is 3.04. The Balaban J connectivity index is 1.94. The molecule has 1 aromatic carbocycles. The number of halogens is 1. The van der Waals surface area contributed by atoms with Crippen LogP contribution in [0, 0.1) is 0 Å². The van der Waals surface area contributed by atoms with Gasteiger partial charge in [0.25, 0.3) is 0 Å². The van der Waals surface area contributed by atoms with Crippen LogP contribution < -0.4 is 4.72 Å². The van der Waals surface area contributed by atoms with Gasteiger partial charge in [-0.1, -0.05) is 28.1 Å². The summed E-state index contributed by atoms with van der Waals surface area (Å²) in [5.74, 6) is 0.0378. The molecule has 1 atom stereocenters. The topological polar surface area (TPSA) is 55.4 Å². The zero-order valence-electron chi connectivity index (χ0n) is 10.6. The van der Waals surface area contributed by atoms with Crippen LogP contribution in [0.5, 0.6) is 0 Å². The maximum atomic E-state index is 12.0. The fraction of sp³-hybridized carbons (Fsp3) is 0.538. The molecule has 1 aliphatic heterocycles. The number of rotatable bonds is 6. The van der Waals surface area contributed by atoms with Gasteiger partial charge in [0.15, 0.2) is 0 Å². The summed E-state index contributed by atoms with van der Waals surface area (Å²) in [5.41, 5.74) is 1.79. The molecule has 4 nitrogen and oxygen atoms in total. The number of hydrogen-bond donors (Lipinski definition) is 1. The fourth-order valence-electron chi connectivity index (χ4n) is 2.09. The standard InChI is InChI=1S/C13H18BrNO3S/c14-8-7-11-3-5-12(6-4-11)15-19(16,17)10-13-2-1-9-18-13/h3-6,13,15H,1-2,7-10H2. The molecule has 19 heavy (non-hydrogen) atoms. The van der Waals surface area contributed by atoms with Crippen LogP contribution in [-0.4, -0.2) is 32.2 Å². The minimum Gasteiger partial charge on any atom is -0.377 e. The van der Waals surface area contributed by atoms with Gasteiger partial charge in [0.1, 0.15) is 0 Å². The number of aryl methyl sites for hydroxylation is 1. The van der Waals surface area contributed by atoms with Crippen LogP contribution in [0.3, 0.4) is 0 Å². The van der Waals surface area contributed by atoms with Crippen molar-refractivity contribution < 1.29 is 13.2 Å². The maximum absolute atomic E-state index is 12.0. The number of benzene rings is 1. The molecule has 1 heterocycles. The second-order valence-corrected chi connectivity index (χ2v) is 7.21. The Bertz CT molecular complexity index is 495. The molecule has 2 rings (SSSR count). The van der Waals surface area contributed by atoms with E-state index in [-0.39, 0.29) is 11.9 Å². The van der Waals surface area contributed by atoms with E-state index in [1.54, 1.807) is 12.1 Å². The lowest BCUT2D eigenvalue weighted by atomic mass is 10.2. The molecule has 1 fully saturated rings. The lowest BCUT2D eigenvalue weighted by Crippen LogP contribution is -2.25. The molecule has 1 aromatic rings. The highest BCUT2D eigenvalue weighted by Crippen LogP contribution is 2.17. The van der Waals surface area contributed by atoms with Crippen molar-refractivity contribution in [1.29, 1.82) is 0 Å². The van der Waals surface area contributed by atoms with Gasteiger partial charge in [0, 0.05) is 17.6 Å². The van der Waals surface area contributed by atoms with Crippen LogP contribution in [-0.2, 0) is 21.2 Å². The summed E-state index contributed by atoms with van der Waals surface area (Å²) in [6.07, 6.45) is 2.54. The number of alkyl halides is 1. The smallest absolute Gasteiger partial charge is 0.235 e. The normalized spacial score (nSPS) is 19.5. The zero-order chi connectivity index (χ0) is 13.7. The second kappa shape index (κ2) is 6.72. The van der Waals surface area contributed by atoms with Gasteiger partial charge in [-0.05, 0) is 37.0 Å². The van der Waals surface area contributed by atoms with Crippen molar-refractivity contribution in [1.82, 2.24) is 0 Å². The SMILES string of the molecule is O=S(=O)(CC1CCCO1)Nc1ccc(CCBr)cc1. The lowest BCUT2D eigenvalue weighted by molar-refractivity contribution is 0.127. The van der Waals surface area contributed by atoms with Gasteiger partial charge in [0.2, 0.25) is 10.0 Å². The van der Waals surface area contributed by atoms with E-state index >= 15 is 0 Å². The summed E-state index contributed by atoms with van der Waals surface area (Å²) < 4.78 is 31.9. The van der Waals surface area contributed by atoms with Crippen LogP contribution in [0.4, 0.5) is 5.69 Å². The lowest BCUT2D eigenvalue weighted by Gasteiger charge is -2.12. The van der Waals surface area contributed by atoms with E-state index in [9.17, 15) is 8.42 Å². The third-order valence-corrected chi connectivity index (χ3v) is 4.79. The van der Waals surface area contributed by atoms with Crippen LogP contribution in [0.15, 0.2) is 24.3 Å². The fourth-order valence-corrected chi connectivity index (χ4v) is 3.88. The van der Waals surface area contributed by atoms with Crippen molar-refractivity contribution in [3.05, 3.63) is 29.8 Å². The van der Waals surface area contributed by atoms with Gasteiger partial charge in [-0.3, -0.25) is 4.72 Å². The van der Waals surface area contributed by atoms with Crippen LogP contribution >= 0.6 is 15.9 Å². The third kappa shape index (κ3) is 4.78. The average Bonchev–Trinajstić information content (AvgIpc) is 2.83. The molecule has 1 aliphatic rings. The molecule has 0 bridgehead atoms. The largest absolute Gasteiger partial charge is 0.377 e. The molecule has 0 aromatic heterocycles. The van der Waals surface area contributed by atoms with Crippen LogP contribution in [0.2, 0.25) is 0 Å². The second-order valence-electron chi connectivity index (χ2n) is 4.65.